The second-order valence-electron chi connectivity index (χ2n) is 8.76. The van der Waals surface area contributed by atoms with E-state index >= 15 is 0 Å². The molecule has 176 valence electrons. The summed E-state index contributed by atoms with van der Waals surface area (Å²) in [5.74, 6) is 1.82. The first-order chi connectivity index (χ1) is 16.1. The highest BCUT2D eigenvalue weighted by atomic mass is 32.2. The third-order valence-corrected chi connectivity index (χ3v) is 7.60. The molecule has 2 atom stereocenters. The molecule has 7 heteroatoms. The molecule has 1 saturated heterocycles. The van der Waals surface area contributed by atoms with E-state index in [4.69, 9.17) is 9.15 Å². The number of fused-ring (bicyclic) bond motifs is 1. The third-order valence-electron chi connectivity index (χ3n) is 6.64. The van der Waals surface area contributed by atoms with E-state index in [9.17, 15) is 9.90 Å². The van der Waals surface area contributed by atoms with Gasteiger partial charge < -0.3 is 19.2 Å². The number of carbonyl (C=O) groups is 1. The molecule has 4 rings (SSSR count). The summed E-state index contributed by atoms with van der Waals surface area (Å²) in [6, 6.07) is 10.1. The summed E-state index contributed by atoms with van der Waals surface area (Å²) in [6.07, 6.45) is 9.74. The molecule has 0 radical (unpaired) electrons. The van der Waals surface area contributed by atoms with Crippen LogP contribution >= 0.6 is 11.8 Å². The zero-order valence-corrected chi connectivity index (χ0v) is 19.9. The fourth-order valence-electron chi connectivity index (χ4n) is 4.90. The molecule has 0 saturated carbocycles. The van der Waals surface area contributed by atoms with Crippen LogP contribution in [-0.4, -0.2) is 53.5 Å². The molecule has 0 bridgehead atoms. The lowest BCUT2D eigenvalue weighted by Gasteiger charge is -2.38. The minimum absolute atomic E-state index is 0.212. The predicted octanol–water partition coefficient (Wildman–Crippen LogP) is 5.36. The summed E-state index contributed by atoms with van der Waals surface area (Å²) < 4.78 is 10.5. The van der Waals surface area contributed by atoms with E-state index in [0.29, 0.717) is 5.92 Å². The van der Waals surface area contributed by atoms with Gasteiger partial charge in [-0.05, 0) is 80.0 Å². The molecule has 2 unspecified atom stereocenters. The summed E-state index contributed by atoms with van der Waals surface area (Å²) in [5.41, 5.74) is 2.26. The van der Waals surface area contributed by atoms with Crippen molar-refractivity contribution in [3.05, 3.63) is 54.6 Å². The first-order valence-electron chi connectivity index (χ1n) is 11.6. The van der Waals surface area contributed by atoms with Gasteiger partial charge in [0.05, 0.1) is 18.9 Å². The van der Waals surface area contributed by atoms with Crippen molar-refractivity contribution in [3.8, 4) is 5.75 Å². The summed E-state index contributed by atoms with van der Waals surface area (Å²) >= 11 is 1.79. The second-order valence-corrected chi connectivity index (χ2v) is 9.93. The lowest BCUT2D eigenvalue weighted by Crippen LogP contribution is -2.42. The van der Waals surface area contributed by atoms with E-state index < -0.39 is 5.97 Å². The van der Waals surface area contributed by atoms with Crippen LogP contribution in [0.15, 0.2) is 58.4 Å². The van der Waals surface area contributed by atoms with Crippen LogP contribution < -0.4 is 4.74 Å². The van der Waals surface area contributed by atoms with E-state index in [0.717, 1.165) is 72.6 Å². The van der Waals surface area contributed by atoms with Gasteiger partial charge in [0.1, 0.15) is 12.0 Å². The van der Waals surface area contributed by atoms with Crippen LogP contribution in [0.25, 0.3) is 10.9 Å². The maximum Gasteiger partial charge on any atom is 0.303 e. The average Bonchev–Trinajstić information content (AvgIpc) is 3.33. The molecule has 2 aromatic heterocycles. The molecule has 0 aliphatic carbocycles. The molecule has 0 amide bonds. The number of aliphatic carboxylic acids is 1. The number of thioether (sulfide) groups is 1. The third kappa shape index (κ3) is 6.51. The lowest BCUT2D eigenvalue weighted by atomic mass is 9.80. The zero-order chi connectivity index (χ0) is 23.0. The summed E-state index contributed by atoms with van der Waals surface area (Å²) in [7, 11) is 1.68. The molecule has 1 N–H and O–H groups in total. The van der Waals surface area contributed by atoms with Gasteiger partial charge in [-0.15, -0.1) is 11.8 Å². The summed E-state index contributed by atoms with van der Waals surface area (Å²) in [4.78, 5) is 19.6. The highest BCUT2D eigenvalue weighted by Gasteiger charge is 2.30. The van der Waals surface area contributed by atoms with Gasteiger partial charge in [-0.25, -0.2) is 0 Å². The maximum atomic E-state index is 11.5. The Hall–Kier alpha value is -2.51. The Kier molecular flexibility index (Phi) is 8.29. The second kappa shape index (κ2) is 11.6. The number of furan rings is 1. The summed E-state index contributed by atoms with van der Waals surface area (Å²) in [6.45, 7) is 2.89. The number of pyridine rings is 1. The van der Waals surface area contributed by atoms with E-state index in [1.54, 1.807) is 31.4 Å². The van der Waals surface area contributed by atoms with Gasteiger partial charge in [-0.1, -0.05) is 0 Å². The van der Waals surface area contributed by atoms with Crippen LogP contribution in [0, 0.1) is 11.8 Å². The Morgan fingerprint density at radius 3 is 3.00 bits per heavy atom. The van der Waals surface area contributed by atoms with Crippen molar-refractivity contribution in [1.82, 2.24) is 9.88 Å². The van der Waals surface area contributed by atoms with Gasteiger partial charge in [0, 0.05) is 41.7 Å². The monoisotopic (exact) mass is 468 g/mol. The molecule has 3 aromatic rings. The lowest BCUT2D eigenvalue weighted by molar-refractivity contribution is -0.139. The maximum absolute atomic E-state index is 11.5. The molecule has 1 fully saturated rings. The van der Waals surface area contributed by atoms with Gasteiger partial charge in [-0.2, -0.15) is 0 Å². The van der Waals surface area contributed by atoms with E-state index in [2.05, 4.69) is 22.0 Å². The molecular formula is C26H32N2O4S. The first-order valence-corrected chi connectivity index (χ1v) is 12.6. The van der Waals surface area contributed by atoms with E-state index in [1.807, 2.05) is 24.4 Å². The van der Waals surface area contributed by atoms with Crippen LogP contribution in [0.4, 0.5) is 0 Å². The zero-order valence-electron chi connectivity index (χ0n) is 19.1. The van der Waals surface area contributed by atoms with Crippen molar-refractivity contribution < 1.29 is 19.1 Å². The first kappa shape index (κ1) is 23.6. The smallest absolute Gasteiger partial charge is 0.303 e. The minimum Gasteiger partial charge on any atom is -0.497 e. The topological polar surface area (TPSA) is 75.8 Å². The van der Waals surface area contributed by atoms with Crippen molar-refractivity contribution in [2.75, 3.05) is 32.5 Å². The van der Waals surface area contributed by atoms with Crippen molar-refractivity contribution >= 4 is 28.6 Å². The van der Waals surface area contributed by atoms with Crippen LogP contribution in [0.1, 0.15) is 31.2 Å². The van der Waals surface area contributed by atoms with E-state index in [1.165, 1.54) is 5.56 Å². The molecule has 3 heterocycles. The Bertz CT molecular complexity index is 1040. The van der Waals surface area contributed by atoms with Crippen molar-refractivity contribution in [2.45, 2.75) is 37.0 Å². The van der Waals surface area contributed by atoms with Gasteiger partial charge in [0.2, 0.25) is 0 Å². The number of piperidine rings is 1. The Balaban J connectivity index is 1.31. The Labute approximate surface area is 199 Å². The number of carboxylic acids is 1. The van der Waals surface area contributed by atoms with Crippen LogP contribution in [0.2, 0.25) is 0 Å². The number of nitrogens with zero attached hydrogens (tertiary/aromatic N) is 2. The summed E-state index contributed by atoms with van der Waals surface area (Å²) in [5, 5.41) is 10.6. The number of rotatable bonds is 11. The van der Waals surface area contributed by atoms with Gasteiger partial charge >= 0.3 is 5.97 Å². The van der Waals surface area contributed by atoms with Gasteiger partial charge in [-0.3, -0.25) is 9.78 Å². The number of aromatic nitrogens is 1. The van der Waals surface area contributed by atoms with Crippen molar-refractivity contribution in [3.63, 3.8) is 0 Å². The molecule has 33 heavy (non-hydrogen) atoms. The van der Waals surface area contributed by atoms with Crippen molar-refractivity contribution in [2.24, 2.45) is 11.8 Å². The Morgan fingerprint density at radius 2 is 2.21 bits per heavy atom. The number of likely N-dealkylation sites (tertiary alicyclic amines) is 1. The molecule has 1 aliphatic heterocycles. The van der Waals surface area contributed by atoms with Crippen LogP contribution in [0.5, 0.6) is 5.75 Å². The SMILES string of the molecule is COc1ccc2nccc(CCCC3CCN(CCSc4ccoc4)CC3CC(=O)O)c2c1. The van der Waals surface area contributed by atoms with Crippen molar-refractivity contribution in [1.29, 1.82) is 0 Å². The van der Waals surface area contributed by atoms with Gasteiger partial charge in [0.25, 0.3) is 0 Å². The van der Waals surface area contributed by atoms with E-state index in [-0.39, 0.29) is 12.3 Å². The quantitative estimate of drug-likeness (QED) is 0.379. The highest BCUT2D eigenvalue weighted by Crippen LogP contribution is 2.32. The molecule has 1 aromatic carbocycles. The Morgan fingerprint density at radius 1 is 1.30 bits per heavy atom. The molecular weight excluding hydrogens is 436 g/mol. The normalized spacial score (nSPS) is 19.1. The molecule has 1 aliphatic rings. The largest absolute Gasteiger partial charge is 0.497 e. The minimum atomic E-state index is -0.688. The predicted molar refractivity (Wildman–Crippen MR) is 131 cm³/mol. The molecule has 6 nitrogen and oxygen atoms in total. The number of hydrogen-bond acceptors (Lipinski definition) is 6. The number of hydrogen-bond donors (Lipinski definition) is 1. The fourth-order valence-corrected chi connectivity index (χ4v) is 5.76. The number of aryl methyl sites for hydroxylation is 1. The van der Waals surface area contributed by atoms with Gasteiger partial charge in [0.15, 0.2) is 0 Å². The standard InChI is InChI=1S/C26H32N2O4S/c1-31-22-5-6-25-24(16-22)20(7-10-27-25)4-2-3-19-8-11-28(17-21(19)15-26(29)30)12-14-33-23-9-13-32-18-23/h5-7,9-10,13,16,18-19,21H,2-4,8,11-12,14-15,17H2,1H3,(H,29,30). The van der Waals surface area contributed by atoms with Crippen LogP contribution in [-0.2, 0) is 11.2 Å². The highest BCUT2D eigenvalue weighted by molar-refractivity contribution is 7.99. The van der Waals surface area contributed by atoms with Crippen LogP contribution in [0.3, 0.4) is 0 Å². The number of ether oxygens (including phenoxy) is 1. The number of benzene rings is 1. The number of carboxylic acid groups (broad SMARTS) is 1. The average molecular weight is 469 g/mol. The number of methoxy groups -OCH3 is 1. The molecule has 0 spiro atoms. The fraction of sp³-hybridized carbons (Fsp3) is 0.462.